The number of methoxy groups -OCH3 is 2. The number of carbonyl (C=O) groups is 2. The van der Waals surface area contributed by atoms with Crippen molar-refractivity contribution >= 4 is 12.0 Å². The molecule has 9 nitrogen and oxygen atoms in total. The molecule has 1 aliphatic heterocycles. The predicted molar refractivity (Wildman–Crippen MR) is 144 cm³/mol. The maximum absolute atomic E-state index is 12.6. The number of hydrogen-bond donors (Lipinski definition) is 2. The van der Waals surface area contributed by atoms with E-state index in [0.717, 1.165) is 38.9 Å². The number of ether oxygens (including phenoxy) is 2. The third-order valence-corrected chi connectivity index (χ3v) is 7.06. The van der Waals surface area contributed by atoms with E-state index in [4.69, 9.17) is 9.47 Å². The summed E-state index contributed by atoms with van der Waals surface area (Å²) < 4.78 is 12.6. The molecule has 0 unspecified atom stereocenters. The van der Waals surface area contributed by atoms with Gasteiger partial charge in [-0.2, -0.15) is 0 Å². The minimum absolute atomic E-state index is 0.0496. The quantitative estimate of drug-likeness (QED) is 0.307. The van der Waals surface area contributed by atoms with Crippen LogP contribution in [-0.2, 0) is 11.3 Å². The molecule has 2 heterocycles. The summed E-state index contributed by atoms with van der Waals surface area (Å²) in [6.07, 6.45) is 1.32. The second-order valence-corrected chi connectivity index (χ2v) is 9.75. The van der Waals surface area contributed by atoms with Gasteiger partial charge in [-0.1, -0.05) is 12.1 Å². The zero-order chi connectivity index (χ0) is 27.4. The Hall–Kier alpha value is -3.98. The lowest BCUT2D eigenvalue weighted by molar-refractivity contribution is -0.137. The van der Waals surface area contributed by atoms with E-state index in [-0.39, 0.29) is 18.5 Å². The van der Waals surface area contributed by atoms with Crippen LogP contribution in [0.4, 0.5) is 4.79 Å². The van der Waals surface area contributed by atoms with Crippen molar-refractivity contribution in [3.8, 4) is 33.9 Å². The molecule has 2 amide bonds. The molecular formula is C29H35N3O6. The molecule has 0 aliphatic carbocycles. The van der Waals surface area contributed by atoms with E-state index >= 15 is 0 Å². The number of aromatic nitrogens is 1. The Labute approximate surface area is 222 Å². The van der Waals surface area contributed by atoms with Crippen molar-refractivity contribution in [2.75, 3.05) is 27.3 Å². The first kappa shape index (κ1) is 27.1. The van der Waals surface area contributed by atoms with E-state index in [9.17, 15) is 19.9 Å². The van der Waals surface area contributed by atoms with Gasteiger partial charge >= 0.3 is 12.0 Å². The number of nitrogens with zero attached hydrogens (tertiary/aromatic N) is 3. The summed E-state index contributed by atoms with van der Waals surface area (Å²) in [5, 5.41) is 20.7. The van der Waals surface area contributed by atoms with E-state index < -0.39 is 12.0 Å². The number of piperidine rings is 1. The molecule has 0 spiro atoms. The van der Waals surface area contributed by atoms with Gasteiger partial charge in [-0.25, -0.2) is 9.86 Å². The number of benzene rings is 2. The van der Waals surface area contributed by atoms with Gasteiger partial charge in [0.1, 0.15) is 18.0 Å². The molecule has 2 aromatic carbocycles. The highest BCUT2D eigenvalue weighted by molar-refractivity contribution is 5.84. The first-order chi connectivity index (χ1) is 18.2. The van der Waals surface area contributed by atoms with Crippen molar-refractivity contribution in [3.63, 3.8) is 0 Å². The van der Waals surface area contributed by atoms with Crippen molar-refractivity contribution in [1.82, 2.24) is 14.5 Å². The van der Waals surface area contributed by atoms with Crippen LogP contribution in [0.2, 0.25) is 0 Å². The van der Waals surface area contributed by atoms with Gasteiger partial charge in [-0.3, -0.25) is 10.0 Å². The lowest BCUT2D eigenvalue weighted by Crippen LogP contribution is -2.47. The van der Waals surface area contributed by atoms with Crippen LogP contribution in [-0.4, -0.2) is 70.2 Å². The van der Waals surface area contributed by atoms with Gasteiger partial charge in [0.15, 0.2) is 0 Å². The molecule has 0 radical (unpaired) electrons. The van der Waals surface area contributed by atoms with Crippen molar-refractivity contribution < 1.29 is 29.4 Å². The van der Waals surface area contributed by atoms with Crippen LogP contribution in [0.1, 0.15) is 38.3 Å². The molecule has 9 heteroatoms. The smallest absolute Gasteiger partial charge is 0.343 e. The van der Waals surface area contributed by atoms with Gasteiger partial charge in [0, 0.05) is 30.3 Å². The third kappa shape index (κ3) is 5.62. The molecule has 0 saturated carbocycles. The number of amides is 2. The number of hydroxylamine groups is 2. The van der Waals surface area contributed by atoms with Gasteiger partial charge in [0.25, 0.3) is 0 Å². The minimum Gasteiger partial charge on any atom is -0.497 e. The lowest BCUT2D eigenvalue weighted by Gasteiger charge is -2.35. The summed E-state index contributed by atoms with van der Waals surface area (Å²) in [5.41, 5.74) is 4.48. The average Bonchev–Trinajstić information content (AvgIpc) is 3.30. The van der Waals surface area contributed by atoms with Crippen LogP contribution in [0.15, 0.2) is 54.6 Å². The molecule has 0 bridgehead atoms. The number of aliphatic carboxylic acids is 1. The summed E-state index contributed by atoms with van der Waals surface area (Å²) >= 11 is 0. The molecule has 1 saturated heterocycles. The second kappa shape index (κ2) is 11.6. The number of carbonyl (C=O) groups excluding carboxylic acids is 1. The third-order valence-electron chi connectivity index (χ3n) is 7.06. The number of urea groups is 1. The van der Waals surface area contributed by atoms with Gasteiger partial charge in [0.05, 0.1) is 26.0 Å². The van der Waals surface area contributed by atoms with E-state index in [1.807, 2.05) is 53.1 Å². The van der Waals surface area contributed by atoms with Crippen molar-refractivity contribution in [1.29, 1.82) is 0 Å². The maximum atomic E-state index is 12.6. The average molecular weight is 522 g/mol. The molecule has 3 aromatic rings. The molecule has 202 valence electrons. The predicted octanol–water partition coefficient (Wildman–Crippen LogP) is 5.32. The van der Waals surface area contributed by atoms with Crippen molar-refractivity contribution in [2.45, 2.75) is 45.2 Å². The molecule has 1 aliphatic rings. The first-order valence-electron chi connectivity index (χ1n) is 12.7. The van der Waals surface area contributed by atoms with Crippen molar-refractivity contribution in [2.24, 2.45) is 0 Å². The number of carboxylic acid groups (broad SMARTS) is 1. The van der Waals surface area contributed by atoms with Crippen LogP contribution in [0.5, 0.6) is 11.5 Å². The molecule has 38 heavy (non-hydrogen) atoms. The zero-order valence-electron chi connectivity index (χ0n) is 22.3. The van der Waals surface area contributed by atoms with Crippen LogP contribution >= 0.6 is 0 Å². The fraction of sp³-hybridized carbons (Fsp3) is 0.379. The van der Waals surface area contributed by atoms with E-state index in [0.29, 0.717) is 31.7 Å². The topological polar surface area (TPSA) is 104 Å². The summed E-state index contributed by atoms with van der Waals surface area (Å²) in [7, 11) is 3.23. The summed E-state index contributed by atoms with van der Waals surface area (Å²) in [6.45, 7) is 4.27. The molecule has 1 fully saturated rings. The highest BCUT2D eigenvalue weighted by atomic mass is 16.5. The lowest BCUT2D eigenvalue weighted by atomic mass is 9.92. The minimum atomic E-state index is -0.932. The maximum Gasteiger partial charge on any atom is 0.343 e. The largest absolute Gasteiger partial charge is 0.497 e. The Bertz CT molecular complexity index is 1260. The Morgan fingerprint density at radius 2 is 1.47 bits per heavy atom. The fourth-order valence-corrected chi connectivity index (χ4v) is 5.00. The zero-order valence-corrected chi connectivity index (χ0v) is 22.3. The first-order valence-corrected chi connectivity index (χ1v) is 12.7. The van der Waals surface area contributed by atoms with Gasteiger partial charge < -0.3 is 24.0 Å². The molecule has 2 N–H and O–H groups in total. The van der Waals surface area contributed by atoms with Gasteiger partial charge in [-0.15, -0.1) is 0 Å². The number of carboxylic acids is 1. The molecule has 1 aromatic heterocycles. The van der Waals surface area contributed by atoms with Crippen molar-refractivity contribution in [3.05, 3.63) is 60.3 Å². The highest BCUT2D eigenvalue weighted by Gasteiger charge is 2.31. The monoisotopic (exact) mass is 521 g/mol. The SMILES string of the molecule is COc1ccc(-c2cc(C3CCN(C(=O)N(O)C(C)C)CC3)n(CC(=O)O)c2-c2ccc(OC)cc2)cc1. The molecule has 4 rings (SSSR count). The van der Waals surface area contributed by atoms with Crippen LogP contribution < -0.4 is 9.47 Å². The summed E-state index contributed by atoms with van der Waals surface area (Å²) in [5.74, 6) is 0.570. The number of hydrogen-bond acceptors (Lipinski definition) is 5. The van der Waals surface area contributed by atoms with E-state index in [2.05, 4.69) is 6.07 Å². The summed E-state index contributed by atoms with van der Waals surface area (Å²) in [4.78, 5) is 26.3. The van der Waals surface area contributed by atoms with E-state index in [1.54, 1.807) is 33.0 Å². The van der Waals surface area contributed by atoms with Gasteiger partial charge in [0.2, 0.25) is 0 Å². The molecular weight excluding hydrogens is 486 g/mol. The Morgan fingerprint density at radius 3 is 1.95 bits per heavy atom. The highest BCUT2D eigenvalue weighted by Crippen LogP contribution is 2.41. The normalized spacial score (nSPS) is 14.0. The summed E-state index contributed by atoms with van der Waals surface area (Å²) in [6, 6.07) is 16.7. The number of likely N-dealkylation sites (tertiary alicyclic amines) is 1. The van der Waals surface area contributed by atoms with Crippen LogP contribution in [0.25, 0.3) is 22.4 Å². The van der Waals surface area contributed by atoms with Crippen LogP contribution in [0.3, 0.4) is 0 Å². The number of rotatable bonds is 8. The van der Waals surface area contributed by atoms with Crippen LogP contribution in [0, 0.1) is 0 Å². The van der Waals surface area contributed by atoms with Gasteiger partial charge in [-0.05, 0) is 80.3 Å². The Kier molecular flexibility index (Phi) is 8.26. The van der Waals surface area contributed by atoms with E-state index in [1.165, 1.54) is 0 Å². The fourth-order valence-electron chi connectivity index (χ4n) is 5.00. The Morgan fingerprint density at radius 1 is 0.947 bits per heavy atom. The molecule has 0 atom stereocenters. The standard InChI is InChI=1S/C29H35N3O6/c1-19(2)32(36)29(35)30-15-13-21(14-16-30)26-17-25(20-5-9-23(37-3)10-6-20)28(31(26)18-27(33)34)22-7-11-24(38-4)12-8-22/h5-12,17,19,21,36H,13-16,18H2,1-4H3,(H,33,34). The Balaban J connectivity index is 1.76. The second-order valence-electron chi connectivity index (χ2n) is 9.75.